The fourth-order valence-electron chi connectivity index (χ4n) is 1.93. The lowest BCUT2D eigenvalue weighted by molar-refractivity contribution is 0.0693. The van der Waals surface area contributed by atoms with Gasteiger partial charge in [-0.15, -0.1) is 0 Å². The highest BCUT2D eigenvalue weighted by atomic mass is 16.4. The highest BCUT2D eigenvalue weighted by Gasteiger charge is 2.09. The number of aromatic hydroxyl groups is 3. The second-order valence-electron chi connectivity index (χ2n) is 4.48. The molecule has 0 aliphatic carbocycles. The molecule has 4 N–H and O–H groups in total. The maximum absolute atomic E-state index is 10.8. The molecule has 0 radical (unpaired) electrons. The van der Waals surface area contributed by atoms with Crippen molar-refractivity contribution < 1.29 is 25.2 Å². The average Bonchev–Trinajstić information content (AvgIpc) is 2.40. The summed E-state index contributed by atoms with van der Waals surface area (Å²) >= 11 is 0. The molecule has 104 valence electrons. The highest BCUT2D eigenvalue weighted by Crippen LogP contribution is 2.26. The number of carbonyl (C=O) groups is 1. The minimum atomic E-state index is -1.17. The van der Waals surface area contributed by atoms with Crippen molar-refractivity contribution in [2.75, 3.05) is 0 Å². The highest BCUT2D eigenvalue weighted by molar-refractivity contribution is 5.90. The molecule has 5 heteroatoms. The number of aromatic carboxylic acids is 1. The molecule has 0 aliphatic heterocycles. The molecule has 2 rings (SSSR count). The van der Waals surface area contributed by atoms with Gasteiger partial charge in [-0.3, -0.25) is 0 Å². The van der Waals surface area contributed by atoms with Gasteiger partial charge >= 0.3 is 5.97 Å². The van der Waals surface area contributed by atoms with Gasteiger partial charge in [-0.25, -0.2) is 4.79 Å². The number of carboxylic acid groups (broad SMARTS) is 1. The molecular weight excluding hydrogens is 260 g/mol. The lowest BCUT2D eigenvalue weighted by Gasteiger charge is -2.06. The Hall–Kier alpha value is -2.69. The van der Waals surface area contributed by atoms with Gasteiger partial charge in [0.05, 0.1) is 0 Å². The minimum Gasteiger partial charge on any atom is -0.507 e. The maximum Gasteiger partial charge on any atom is 0.339 e. The van der Waals surface area contributed by atoms with Gasteiger partial charge in [0, 0.05) is 0 Å². The van der Waals surface area contributed by atoms with E-state index in [0.29, 0.717) is 12.8 Å². The summed E-state index contributed by atoms with van der Waals surface area (Å²) in [7, 11) is 0. The van der Waals surface area contributed by atoms with E-state index in [-0.39, 0.29) is 22.8 Å². The number of phenolic OH excluding ortho intramolecular Hbond substituents is 2. The van der Waals surface area contributed by atoms with E-state index >= 15 is 0 Å². The summed E-state index contributed by atoms with van der Waals surface area (Å²) in [6.45, 7) is 0. The molecule has 0 spiro atoms. The summed E-state index contributed by atoms with van der Waals surface area (Å²) in [5, 5.41) is 37.0. The van der Waals surface area contributed by atoms with Crippen LogP contribution >= 0.6 is 0 Å². The van der Waals surface area contributed by atoms with Gasteiger partial charge in [0.1, 0.15) is 11.3 Å². The van der Waals surface area contributed by atoms with Gasteiger partial charge in [-0.1, -0.05) is 12.1 Å². The molecule has 0 aromatic heterocycles. The fourth-order valence-corrected chi connectivity index (χ4v) is 1.93. The molecule has 0 bridgehead atoms. The van der Waals surface area contributed by atoms with Crippen molar-refractivity contribution in [3.8, 4) is 17.2 Å². The van der Waals surface area contributed by atoms with Crippen LogP contribution in [0.15, 0.2) is 36.4 Å². The first-order valence-electron chi connectivity index (χ1n) is 6.03. The lowest BCUT2D eigenvalue weighted by atomic mass is 10.0. The number of aryl methyl sites for hydroxylation is 2. The molecule has 0 aliphatic rings. The third kappa shape index (κ3) is 3.00. The lowest BCUT2D eigenvalue weighted by Crippen LogP contribution is -1.98. The van der Waals surface area contributed by atoms with Crippen LogP contribution in [0.2, 0.25) is 0 Å². The third-order valence-corrected chi connectivity index (χ3v) is 3.03. The number of carboxylic acids is 1. The fraction of sp³-hybridized carbons (Fsp3) is 0.133. The average molecular weight is 274 g/mol. The smallest absolute Gasteiger partial charge is 0.339 e. The van der Waals surface area contributed by atoms with Crippen molar-refractivity contribution in [2.24, 2.45) is 0 Å². The van der Waals surface area contributed by atoms with Gasteiger partial charge in [-0.05, 0) is 48.2 Å². The van der Waals surface area contributed by atoms with Crippen LogP contribution in [0.1, 0.15) is 21.5 Å². The predicted octanol–water partition coefficient (Wildman–Crippen LogP) is 2.29. The first kappa shape index (κ1) is 13.7. The zero-order valence-electron chi connectivity index (χ0n) is 10.6. The van der Waals surface area contributed by atoms with Crippen LogP contribution in [-0.4, -0.2) is 26.4 Å². The standard InChI is InChI=1S/C15H14O5/c16-12-6-4-10(8-14(12)18)2-1-9-3-5-11(15(19)20)13(17)7-9/h3-8,16-18H,1-2H2,(H,19,20). The van der Waals surface area contributed by atoms with Crippen molar-refractivity contribution in [3.63, 3.8) is 0 Å². The Bertz CT molecular complexity index is 649. The Morgan fingerprint density at radius 3 is 1.85 bits per heavy atom. The normalized spacial score (nSPS) is 10.4. The summed E-state index contributed by atoms with van der Waals surface area (Å²) < 4.78 is 0. The Kier molecular flexibility index (Phi) is 3.79. The minimum absolute atomic E-state index is 0.129. The quantitative estimate of drug-likeness (QED) is 0.641. The summed E-state index contributed by atoms with van der Waals surface area (Å²) in [5.41, 5.74) is 1.50. The zero-order chi connectivity index (χ0) is 14.7. The molecule has 0 saturated heterocycles. The van der Waals surface area contributed by atoms with Crippen molar-refractivity contribution >= 4 is 5.97 Å². The van der Waals surface area contributed by atoms with Gasteiger partial charge < -0.3 is 20.4 Å². The van der Waals surface area contributed by atoms with Crippen LogP contribution in [0.4, 0.5) is 0 Å². The van der Waals surface area contributed by atoms with Crippen molar-refractivity contribution in [2.45, 2.75) is 12.8 Å². The number of hydrogen-bond donors (Lipinski definition) is 4. The van der Waals surface area contributed by atoms with Crippen molar-refractivity contribution in [1.29, 1.82) is 0 Å². The SMILES string of the molecule is O=C(O)c1ccc(CCc2ccc(O)c(O)c2)cc1O. The molecule has 0 fully saturated rings. The van der Waals surface area contributed by atoms with Crippen LogP contribution in [0, 0.1) is 0 Å². The number of rotatable bonds is 4. The Morgan fingerprint density at radius 1 is 0.800 bits per heavy atom. The topological polar surface area (TPSA) is 98.0 Å². The van der Waals surface area contributed by atoms with Crippen LogP contribution in [-0.2, 0) is 12.8 Å². The van der Waals surface area contributed by atoms with E-state index in [1.165, 1.54) is 24.3 Å². The van der Waals surface area contributed by atoms with Crippen LogP contribution in [0.5, 0.6) is 17.2 Å². The number of benzene rings is 2. The third-order valence-electron chi connectivity index (χ3n) is 3.03. The van der Waals surface area contributed by atoms with E-state index < -0.39 is 5.97 Å². The van der Waals surface area contributed by atoms with E-state index in [1.807, 2.05) is 0 Å². The molecule has 0 saturated carbocycles. The van der Waals surface area contributed by atoms with Gasteiger partial charge in [0.2, 0.25) is 0 Å². The van der Waals surface area contributed by atoms with E-state index in [0.717, 1.165) is 11.1 Å². The molecule has 20 heavy (non-hydrogen) atoms. The van der Waals surface area contributed by atoms with Gasteiger partial charge in [0.15, 0.2) is 11.5 Å². The molecule has 0 heterocycles. The number of phenols is 3. The molecular formula is C15H14O5. The second kappa shape index (κ2) is 5.52. The first-order chi connectivity index (χ1) is 9.47. The first-order valence-corrected chi connectivity index (χ1v) is 6.03. The number of hydrogen-bond acceptors (Lipinski definition) is 4. The summed E-state index contributed by atoms with van der Waals surface area (Å²) in [4.78, 5) is 10.8. The maximum atomic E-state index is 10.8. The van der Waals surface area contributed by atoms with Gasteiger partial charge in [0.25, 0.3) is 0 Å². The van der Waals surface area contributed by atoms with E-state index in [4.69, 9.17) is 5.11 Å². The molecule has 0 atom stereocenters. The summed E-state index contributed by atoms with van der Waals surface area (Å²) in [5.74, 6) is -1.77. The molecule has 2 aromatic carbocycles. The van der Waals surface area contributed by atoms with E-state index in [9.17, 15) is 20.1 Å². The summed E-state index contributed by atoms with van der Waals surface area (Å²) in [6.07, 6.45) is 1.18. The summed E-state index contributed by atoms with van der Waals surface area (Å²) in [6, 6.07) is 9.01. The van der Waals surface area contributed by atoms with E-state index in [2.05, 4.69) is 0 Å². The Morgan fingerprint density at radius 2 is 1.35 bits per heavy atom. The molecule has 0 unspecified atom stereocenters. The largest absolute Gasteiger partial charge is 0.507 e. The Labute approximate surface area is 115 Å². The second-order valence-corrected chi connectivity index (χ2v) is 4.48. The van der Waals surface area contributed by atoms with Crippen LogP contribution < -0.4 is 0 Å². The van der Waals surface area contributed by atoms with Crippen molar-refractivity contribution in [3.05, 3.63) is 53.1 Å². The van der Waals surface area contributed by atoms with Crippen LogP contribution in [0.3, 0.4) is 0 Å². The zero-order valence-corrected chi connectivity index (χ0v) is 10.6. The Balaban J connectivity index is 2.09. The van der Waals surface area contributed by atoms with Gasteiger partial charge in [-0.2, -0.15) is 0 Å². The molecule has 2 aromatic rings. The monoisotopic (exact) mass is 274 g/mol. The van der Waals surface area contributed by atoms with Crippen LogP contribution in [0.25, 0.3) is 0 Å². The van der Waals surface area contributed by atoms with Crippen molar-refractivity contribution in [1.82, 2.24) is 0 Å². The van der Waals surface area contributed by atoms with E-state index in [1.54, 1.807) is 12.1 Å². The molecule has 0 amide bonds. The predicted molar refractivity (Wildman–Crippen MR) is 72.2 cm³/mol. The molecule has 5 nitrogen and oxygen atoms in total.